The summed E-state index contributed by atoms with van der Waals surface area (Å²) in [6.45, 7) is 3.33. The van der Waals surface area contributed by atoms with Crippen LogP contribution in [0.4, 0.5) is 0 Å². The first-order chi connectivity index (χ1) is 15.2. The highest BCUT2D eigenvalue weighted by Gasteiger charge is 2.26. The van der Waals surface area contributed by atoms with Crippen LogP contribution in [0.25, 0.3) is 10.9 Å². The topological polar surface area (TPSA) is 46.1 Å². The number of pyridine rings is 1. The van der Waals surface area contributed by atoms with E-state index in [-0.39, 0.29) is 5.78 Å². The quantitative estimate of drug-likeness (QED) is 0.375. The lowest BCUT2D eigenvalue weighted by Crippen LogP contribution is -2.32. The SMILES string of the molecule is O=C(CC1CCC(CCN2CCc3sc(Br)nc3C2)CC1)c1cccc2ncccc12. The molecular formula is C25H28BrN3OS. The number of hydrogen-bond acceptors (Lipinski definition) is 5. The normalized spacial score (nSPS) is 21.8. The zero-order chi connectivity index (χ0) is 21.2. The Hall–Kier alpha value is -1.63. The van der Waals surface area contributed by atoms with Gasteiger partial charge in [-0.3, -0.25) is 14.7 Å². The summed E-state index contributed by atoms with van der Waals surface area (Å²) in [7, 11) is 0. The molecule has 1 aliphatic carbocycles. The molecule has 0 radical (unpaired) electrons. The van der Waals surface area contributed by atoms with Gasteiger partial charge in [0.05, 0.1) is 11.2 Å². The number of carbonyl (C=O) groups excluding carboxylic acids is 1. The number of thiazole rings is 1. The Bertz CT molecular complexity index is 1070. The van der Waals surface area contributed by atoms with Crippen molar-refractivity contribution in [2.75, 3.05) is 13.1 Å². The minimum absolute atomic E-state index is 0.278. The minimum atomic E-state index is 0.278. The van der Waals surface area contributed by atoms with E-state index >= 15 is 0 Å². The number of benzene rings is 1. The molecule has 3 aromatic rings. The van der Waals surface area contributed by atoms with Crippen LogP contribution in [0.1, 0.15) is 59.5 Å². The molecule has 0 atom stereocenters. The summed E-state index contributed by atoms with van der Waals surface area (Å²) >= 11 is 5.31. The van der Waals surface area contributed by atoms with Crippen LogP contribution >= 0.6 is 27.3 Å². The van der Waals surface area contributed by atoms with Crippen LogP contribution in [-0.2, 0) is 13.0 Å². The lowest BCUT2D eigenvalue weighted by atomic mass is 9.78. The van der Waals surface area contributed by atoms with Gasteiger partial charge in [0.2, 0.25) is 0 Å². The molecule has 1 aromatic carbocycles. The lowest BCUT2D eigenvalue weighted by molar-refractivity contribution is 0.0941. The summed E-state index contributed by atoms with van der Waals surface area (Å²) < 4.78 is 1.02. The Labute approximate surface area is 196 Å². The Morgan fingerprint density at radius 1 is 1.13 bits per heavy atom. The molecule has 3 heterocycles. The fourth-order valence-electron chi connectivity index (χ4n) is 5.22. The van der Waals surface area contributed by atoms with Gasteiger partial charge in [-0.15, -0.1) is 11.3 Å². The van der Waals surface area contributed by atoms with E-state index in [1.54, 1.807) is 17.5 Å². The van der Waals surface area contributed by atoms with Crippen LogP contribution in [0.3, 0.4) is 0 Å². The Morgan fingerprint density at radius 3 is 2.84 bits per heavy atom. The highest BCUT2D eigenvalue weighted by atomic mass is 79.9. The van der Waals surface area contributed by atoms with Crippen molar-refractivity contribution in [2.45, 2.75) is 51.5 Å². The van der Waals surface area contributed by atoms with Crippen LogP contribution in [0, 0.1) is 11.8 Å². The molecule has 0 saturated heterocycles. The predicted octanol–water partition coefficient (Wildman–Crippen LogP) is 6.28. The third-order valence-corrected chi connectivity index (χ3v) is 8.63. The van der Waals surface area contributed by atoms with Crippen LogP contribution in [-0.4, -0.2) is 33.7 Å². The van der Waals surface area contributed by atoms with E-state index in [1.807, 2.05) is 30.3 Å². The highest BCUT2D eigenvalue weighted by Crippen LogP contribution is 2.35. The molecule has 0 spiro atoms. The predicted molar refractivity (Wildman–Crippen MR) is 130 cm³/mol. The molecule has 2 aliphatic rings. The number of carbonyl (C=O) groups is 1. The highest BCUT2D eigenvalue weighted by molar-refractivity contribution is 9.11. The molecule has 6 heteroatoms. The maximum atomic E-state index is 13.0. The second-order valence-electron chi connectivity index (χ2n) is 9.04. The van der Waals surface area contributed by atoms with Gasteiger partial charge in [0.25, 0.3) is 0 Å². The number of aromatic nitrogens is 2. The maximum Gasteiger partial charge on any atom is 0.163 e. The first kappa shape index (κ1) is 21.2. The van der Waals surface area contributed by atoms with Gasteiger partial charge in [-0.05, 0) is 72.1 Å². The summed E-state index contributed by atoms with van der Waals surface area (Å²) in [4.78, 5) is 26.0. The zero-order valence-electron chi connectivity index (χ0n) is 17.7. The van der Waals surface area contributed by atoms with Crippen LogP contribution in [0.15, 0.2) is 40.4 Å². The number of rotatable bonds is 6. The zero-order valence-corrected chi connectivity index (χ0v) is 20.1. The summed E-state index contributed by atoms with van der Waals surface area (Å²) in [6.07, 6.45) is 9.76. The van der Waals surface area contributed by atoms with Crippen molar-refractivity contribution in [1.29, 1.82) is 0 Å². The number of halogens is 1. The van der Waals surface area contributed by atoms with Crippen molar-refractivity contribution in [2.24, 2.45) is 11.8 Å². The van der Waals surface area contributed by atoms with Gasteiger partial charge in [-0.25, -0.2) is 4.98 Å². The van der Waals surface area contributed by atoms with E-state index < -0.39 is 0 Å². The standard InChI is InChI=1S/C25H28BrN3OS/c26-25-28-22-16-29(14-11-24(22)31-25)13-10-17-6-8-18(9-7-17)15-23(30)20-3-1-5-21-19(20)4-2-12-27-21/h1-5,12,17-18H,6-11,13-16H2. The second kappa shape index (κ2) is 9.47. The molecule has 0 bridgehead atoms. The average molecular weight is 498 g/mol. The molecule has 4 nitrogen and oxygen atoms in total. The largest absolute Gasteiger partial charge is 0.297 e. The summed E-state index contributed by atoms with van der Waals surface area (Å²) in [5.74, 6) is 1.61. The van der Waals surface area contributed by atoms with Crippen molar-refractivity contribution >= 4 is 44.0 Å². The maximum absolute atomic E-state index is 13.0. The number of ketones is 1. The monoisotopic (exact) mass is 497 g/mol. The molecule has 2 aromatic heterocycles. The van der Waals surface area contributed by atoms with Gasteiger partial charge in [0, 0.05) is 41.5 Å². The first-order valence-electron chi connectivity index (χ1n) is 11.4. The molecule has 1 saturated carbocycles. The molecule has 5 rings (SSSR count). The molecule has 0 unspecified atom stereocenters. The van der Waals surface area contributed by atoms with E-state index in [1.165, 1.54) is 49.2 Å². The summed E-state index contributed by atoms with van der Waals surface area (Å²) in [5.41, 5.74) is 3.02. The molecule has 0 amide bonds. The van der Waals surface area contributed by atoms with Crippen molar-refractivity contribution < 1.29 is 4.79 Å². The van der Waals surface area contributed by atoms with Crippen LogP contribution < -0.4 is 0 Å². The van der Waals surface area contributed by atoms with Gasteiger partial charge in [0.1, 0.15) is 0 Å². The van der Waals surface area contributed by atoms with Crippen LogP contribution in [0.5, 0.6) is 0 Å². The third-order valence-electron chi connectivity index (χ3n) is 7.02. The average Bonchev–Trinajstić information content (AvgIpc) is 3.17. The smallest absolute Gasteiger partial charge is 0.163 e. The van der Waals surface area contributed by atoms with Gasteiger partial charge < -0.3 is 0 Å². The Balaban J connectivity index is 1.10. The first-order valence-corrected chi connectivity index (χ1v) is 13.0. The van der Waals surface area contributed by atoms with E-state index in [2.05, 4.69) is 30.8 Å². The van der Waals surface area contributed by atoms with Crippen molar-refractivity contribution in [1.82, 2.24) is 14.9 Å². The van der Waals surface area contributed by atoms with Gasteiger partial charge in [0.15, 0.2) is 9.70 Å². The van der Waals surface area contributed by atoms with E-state index in [0.29, 0.717) is 12.3 Å². The summed E-state index contributed by atoms with van der Waals surface area (Å²) in [5, 5.41) is 0.987. The minimum Gasteiger partial charge on any atom is -0.297 e. The molecule has 1 aliphatic heterocycles. The molecule has 162 valence electrons. The number of nitrogens with zero attached hydrogens (tertiary/aromatic N) is 3. The number of hydrogen-bond donors (Lipinski definition) is 0. The van der Waals surface area contributed by atoms with Gasteiger partial charge in [-0.2, -0.15) is 0 Å². The second-order valence-corrected chi connectivity index (χ2v) is 11.4. The fourth-order valence-corrected chi connectivity index (χ4v) is 6.80. The molecule has 1 fully saturated rings. The molecular weight excluding hydrogens is 470 g/mol. The summed E-state index contributed by atoms with van der Waals surface area (Å²) in [6, 6.07) is 9.82. The number of Topliss-reactive ketones (excluding diaryl/α,β-unsaturated/α-hetero) is 1. The van der Waals surface area contributed by atoms with E-state index in [9.17, 15) is 4.79 Å². The van der Waals surface area contributed by atoms with Gasteiger partial charge >= 0.3 is 0 Å². The van der Waals surface area contributed by atoms with Crippen molar-refractivity contribution in [3.8, 4) is 0 Å². The van der Waals surface area contributed by atoms with Gasteiger partial charge in [-0.1, -0.05) is 31.0 Å². The van der Waals surface area contributed by atoms with E-state index in [4.69, 9.17) is 0 Å². The third kappa shape index (κ3) is 4.91. The van der Waals surface area contributed by atoms with Crippen molar-refractivity contribution in [3.05, 3.63) is 56.6 Å². The molecule has 0 N–H and O–H groups in total. The van der Waals surface area contributed by atoms with Crippen LogP contribution in [0.2, 0.25) is 0 Å². The molecule has 31 heavy (non-hydrogen) atoms. The lowest BCUT2D eigenvalue weighted by Gasteiger charge is -2.31. The fraction of sp³-hybridized carbons (Fsp3) is 0.480. The Morgan fingerprint density at radius 2 is 1.97 bits per heavy atom. The Kier molecular flexibility index (Phi) is 6.49. The number of fused-ring (bicyclic) bond motifs is 2. The van der Waals surface area contributed by atoms with E-state index in [0.717, 1.165) is 45.8 Å². The van der Waals surface area contributed by atoms with Crippen molar-refractivity contribution in [3.63, 3.8) is 0 Å².